The van der Waals surface area contributed by atoms with Gasteiger partial charge in [0.05, 0.1) is 5.02 Å². The molecule has 2 rings (SSSR count). The van der Waals surface area contributed by atoms with Crippen LogP contribution in [0.1, 0.15) is 21.5 Å². The minimum Gasteiger partial charge on any atom is -0.379 e. The van der Waals surface area contributed by atoms with Gasteiger partial charge in [-0.15, -0.1) is 0 Å². The normalized spacial score (nSPS) is 10.5. The Morgan fingerprint density at radius 2 is 2.08 bits per heavy atom. The van der Waals surface area contributed by atoms with Crippen molar-refractivity contribution >= 4 is 50.4 Å². The van der Waals surface area contributed by atoms with Crippen molar-refractivity contribution in [3.8, 4) is 0 Å². The van der Waals surface area contributed by atoms with Crippen LogP contribution in [0.3, 0.4) is 0 Å². The Bertz CT molecular complexity index is 788. The molecule has 0 spiro atoms. The molecule has 0 atom stereocenters. The Kier molecular flexibility index (Phi) is 6.65. The minimum atomic E-state index is -0.497. The summed E-state index contributed by atoms with van der Waals surface area (Å²) in [6, 6.07) is 9.59. The highest BCUT2D eigenvalue weighted by molar-refractivity contribution is 9.10. The molecule has 24 heavy (non-hydrogen) atoms. The third kappa shape index (κ3) is 5.22. The molecule has 0 saturated heterocycles. The van der Waals surface area contributed by atoms with Crippen LogP contribution in [-0.4, -0.2) is 11.1 Å². The molecule has 0 aliphatic carbocycles. The van der Waals surface area contributed by atoms with Crippen LogP contribution in [0.4, 0.5) is 4.39 Å². The maximum absolute atomic E-state index is 13.1. The first-order chi connectivity index (χ1) is 11.4. The zero-order chi connectivity index (χ0) is 17.7. The number of carbonyl (C=O) groups excluding carboxylic acids is 1. The number of benzene rings is 2. The van der Waals surface area contributed by atoms with E-state index in [2.05, 4.69) is 21.2 Å². The molecule has 0 bridgehead atoms. The van der Waals surface area contributed by atoms with Gasteiger partial charge in [-0.3, -0.25) is 10.2 Å². The summed E-state index contributed by atoms with van der Waals surface area (Å²) in [5, 5.41) is 10.1. The lowest BCUT2D eigenvalue weighted by Crippen LogP contribution is -2.24. The van der Waals surface area contributed by atoms with Crippen molar-refractivity contribution in [2.45, 2.75) is 12.3 Å². The molecule has 2 aromatic carbocycles. The fourth-order valence-electron chi connectivity index (χ4n) is 1.99. The van der Waals surface area contributed by atoms with E-state index in [1.54, 1.807) is 18.2 Å². The summed E-state index contributed by atoms with van der Waals surface area (Å²) < 4.78 is 14.0. The number of nitrogens with one attached hydrogen (secondary N) is 2. The molecule has 2 aromatic rings. The standard InChI is InChI=1S/C16H14BrClFN3OS/c17-11-2-3-12(10(6-11)8-24-16(20)21)15(23)22-7-9-1-4-14(19)13(18)5-9/h1-6H,7-8H2,(H3,20,21)(H,22,23). The Hall–Kier alpha value is -1.57. The third-order valence-electron chi connectivity index (χ3n) is 3.13. The number of carbonyl (C=O) groups is 1. The average Bonchev–Trinajstić information content (AvgIpc) is 2.53. The predicted octanol–water partition coefficient (Wildman–Crippen LogP) is 4.30. The minimum absolute atomic E-state index is 0.0118. The van der Waals surface area contributed by atoms with Crippen LogP contribution < -0.4 is 11.1 Å². The second kappa shape index (κ2) is 8.50. The van der Waals surface area contributed by atoms with Crippen molar-refractivity contribution in [3.63, 3.8) is 0 Å². The summed E-state index contributed by atoms with van der Waals surface area (Å²) >= 11 is 10.2. The number of thioether (sulfide) groups is 1. The van der Waals surface area contributed by atoms with E-state index in [4.69, 9.17) is 22.7 Å². The molecule has 0 radical (unpaired) electrons. The van der Waals surface area contributed by atoms with E-state index in [1.165, 1.54) is 12.1 Å². The lowest BCUT2D eigenvalue weighted by atomic mass is 10.1. The van der Waals surface area contributed by atoms with Gasteiger partial charge in [0.1, 0.15) is 5.82 Å². The van der Waals surface area contributed by atoms with Gasteiger partial charge >= 0.3 is 0 Å². The predicted molar refractivity (Wildman–Crippen MR) is 99.9 cm³/mol. The van der Waals surface area contributed by atoms with Gasteiger partial charge < -0.3 is 11.1 Å². The Labute approximate surface area is 156 Å². The molecule has 0 aliphatic rings. The van der Waals surface area contributed by atoms with Gasteiger partial charge in [-0.1, -0.05) is 45.4 Å². The molecule has 0 saturated carbocycles. The zero-order valence-electron chi connectivity index (χ0n) is 12.4. The van der Waals surface area contributed by atoms with Crippen LogP contribution >= 0.6 is 39.3 Å². The highest BCUT2D eigenvalue weighted by Gasteiger charge is 2.12. The highest BCUT2D eigenvalue weighted by atomic mass is 79.9. The van der Waals surface area contributed by atoms with Crippen molar-refractivity contribution < 1.29 is 9.18 Å². The van der Waals surface area contributed by atoms with Crippen LogP contribution in [0.2, 0.25) is 5.02 Å². The Morgan fingerprint density at radius 3 is 2.75 bits per heavy atom. The number of nitrogens with two attached hydrogens (primary N) is 1. The number of amides is 1. The van der Waals surface area contributed by atoms with Crippen LogP contribution in [0, 0.1) is 11.2 Å². The van der Waals surface area contributed by atoms with Crippen molar-refractivity contribution in [1.82, 2.24) is 5.32 Å². The van der Waals surface area contributed by atoms with E-state index in [-0.39, 0.29) is 22.6 Å². The summed E-state index contributed by atoms with van der Waals surface area (Å²) in [4.78, 5) is 12.4. The van der Waals surface area contributed by atoms with E-state index < -0.39 is 5.82 Å². The largest absolute Gasteiger partial charge is 0.379 e. The number of amidine groups is 1. The van der Waals surface area contributed by atoms with Gasteiger partial charge in [-0.25, -0.2) is 4.39 Å². The number of halogens is 3. The van der Waals surface area contributed by atoms with Crippen LogP contribution in [0.5, 0.6) is 0 Å². The summed E-state index contributed by atoms with van der Waals surface area (Å²) in [6.07, 6.45) is 0. The van der Waals surface area contributed by atoms with Gasteiger partial charge in [0.2, 0.25) is 0 Å². The zero-order valence-corrected chi connectivity index (χ0v) is 15.6. The lowest BCUT2D eigenvalue weighted by Gasteiger charge is -2.11. The molecule has 4 N–H and O–H groups in total. The number of hydrogen-bond acceptors (Lipinski definition) is 3. The second-order valence-corrected chi connectivity index (χ2v) is 7.23. The Balaban J connectivity index is 2.10. The maximum Gasteiger partial charge on any atom is 0.251 e. The van der Waals surface area contributed by atoms with E-state index in [0.717, 1.165) is 21.8 Å². The fraction of sp³-hybridized carbons (Fsp3) is 0.125. The maximum atomic E-state index is 13.1. The van der Waals surface area contributed by atoms with Crippen molar-refractivity contribution in [2.75, 3.05) is 0 Å². The molecule has 0 unspecified atom stereocenters. The molecule has 0 fully saturated rings. The molecule has 0 aromatic heterocycles. The molecule has 0 aliphatic heterocycles. The quantitative estimate of drug-likeness (QED) is 0.489. The monoisotopic (exact) mass is 429 g/mol. The van der Waals surface area contributed by atoms with Gasteiger partial charge in [-0.05, 0) is 41.5 Å². The molecule has 126 valence electrons. The molecule has 4 nitrogen and oxygen atoms in total. The molecule has 8 heteroatoms. The second-order valence-electron chi connectivity index (χ2n) is 4.89. The molecule has 0 heterocycles. The molecular formula is C16H14BrClFN3OS. The summed E-state index contributed by atoms with van der Waals surface area (Å²) in [5.41, 5.74) is 7.32. The summed E-state index contributed by atoms with van der Waals surface area (Å²) in [5.74, 6) is -0.342. The highest BCUT2D eigenvalue weighted by Crippen LogP contribution is 2.22. The van der Waals surface area contributed by atoms with Gasteiger partial charge in [0.25, 0.3) is 5.91 Å². The smallest absolute Gasteiger partial charge is 0.251 e. The van der Waals surface area contributed by atoms with Gasteiger partial charge in [0.15, 0.2) is 5.17 Å². The topological polar surface area (TPSA) is 79.0 Å². The van der Waals surface area contributed by atoms with Crippen molar-refractivity contribution in [1.29, 1.82) is 5.41 Å². The van der Waals surface area contributed by atoms with Crippen molar-refractivity contribution in [3.05, 3.63) is 68.4 Å². The van der Waals surface area contributed by atoms with Crippen LogP contribution in [-0.2, 0) is 12.3 Å². The third-order valence-corrected chi connectivity index (χ3v) is 4.68. The Morgan fingerprint density at radius 1 is 1.33 bits per heavy atom. The van der Waals surface area contributed by atoms with Crippen molar-refractivity contribution in [2.24, 2.45) is 5.73 Å². The SMILES string of the molecule is N=C(N)SCc1cc(Br)ccc1C(=O)NCc1ccc(F)c(Cl)c1. The number of hydrogen-bond donors (Lipinski definition) is 3. The fourth-order valence-corrected chi connectivity index (χ4v) is 3.15. The lowest BCUT2D eigenvalue weighted by molar-refractivity contribution is 0.0950. The first-order valence-corrected chi connectivity index (χ1v) is 9.00. The summed E-state index contributed by atoms with van der Waals surface area (Å²) in [6.45, 7) is 0.230. The van der Waals surface area contributed by atoms with Gasteiger partial charge in [0, 0.05) is 22.3 Å². The van der Waals surface area contributed by atoms with E-state index >= 15 is 0 Å². The molecule has 1 amide bonds. The molecular weight excluding hydrogens is 417 g/mol. The van der Waals surface area contributed by atoms with Crippen LogP contribution in [0.15, 0.2) is 40.9 Å². The summed E-state index contributed by atoms with van der Waals surface area (Å²) in [7, 11) is 0. The average molecular weight is 431 g/mol. The van der Waals surface area contributed by atoms with E-state index in [1.807, 2.05) is 6.07 Å². The van der Waals surface area contributed by atoms with Crippen LogP contribution in [0.25, 0.3) is 0 Å². The number of rotatable bonds is 5. The van der Waals surface area contributed by atoms with E-state index in [0.29, 0.717) is 16.9 Å². The first-order valence-electron chi connectivity index (χ1n) is 6.84. The first kappa shape index (κ1) is 18.8. The van der Waals surface area contributed by atoms with Gasteiger partial charge in [-0.2, -0.15) is 0 Å². The van der Waals surface area contributed by atoms with E-state index in [9.17, 15) is 9.18 Å².